The third kappa shape index (κ3) is 3.45. The van der Waals surface area contributed by atoms with Gasteiger partial charge in [0.25, 0.3) is 0 Å². The first-order chi connectivity index (χ1) is 10.4. The molecule has 22 heavy (non-hydrogen) atoms. The molecule has 110 valence electrons. The standard InChI is InChI=1S/C12H8N6O3S/c1-22(19,20)12-18-17-11(21-12)8-2-4-9(5-3-8)15-16-10(6-13)7-14/h2-5,15H,1H3. The van der Waals surface area contributed by atoms with Crippen molar-refractivity contribution in [3.05, 3.63) is 24.3 Å². The van der Waals surface area contributed by atoms with Crippen LogP contribution in [0.25, 0.3) is 11.5 Å². The molecule has 0 radical (unpaired) electrons. The third-order valence-corrected chi connectivity index (χ3v) is 3.16. The predicted molar refractivity (Wildman–Crippen MR) is 75.1 cm³/mol. The summed E-state index contributed by atoms with van der Waals surface area (Å²) in [7, 11) is -3.55. The number of hydrazone groups is 1. The molecule has 0 saturated carbocycles. The Morgan fingerprint density at radius 3 is 2.36 bits per heavy atom. The van der Waals surface area contributed by atoms with E-state index in [-0.39, 0.29) is 11.6 Å². The second kappa shape index (κ2) is 6.03. The van der Waals surface area contributed by atoms with Crippen LogP contribution >= 0.6 is 0 Å². The average molecular weight is 316 g/mol. The van der Waals surface area contributed by atoms with E-state index in [0.717, 1.165) is 6.26 Å². The molecule has 1 N–H and O–H groups in total. The van der Waals surface area contributed by atoms with Crippen molar-refractivity contribution in [3.63, 3.8) is 0 Å². The monoisotopic (exact) mass is 316 g/mol. The number of aromatic nitrogens is 2. The minimum Gasteiger partial charge on any atom is -0.408 e. The maximum Gasteiger partial charge on any atom is 0.335 e. The molecule has 1 aromatic carbocycles. The lowest BCUT2D eigenvalue weighted by Crippen LogP contribution is -1.96. The van der Waals surface area contributed by atoms with Gasteiger partial charge < -0.3 is 4.42 Å². The minimum absolute atomic E-state index is 0.0604. The van der Waals surface area contributed by atoms with E-state index >= 15 is 0 Å². The molecular formula is C12H8N6O3S. The van der Waals surface area contributed by atoms with E-state index in [1.54, 1.807) is 36.4 Å². The van der Waals surface area contributed by atoms with Crippen LogP contribution in [0.3, 0.4) is 0 Å². The molecule has 2 aromatic rings. The molecule has 0 aliphatic heterocycles. The number of hydrogen-bond acceptors (Lipinski definition) is 9. The normalized spacial score (nSPS) is 10.3. The van der Waals surface area contributed by atoms with Crippen molar-refractivity contribution < 1.29 is 12.8 Å². The highest BCUT2D eigenvalue weighted by Gasteiger charge is 2.17. The van der Waals surface area contributed by atoms with Crippen molar-refractivity contribution >= 4 is 21.2 Å². The number of nitriles is 2. The Kier molecular flexibility index (Phi) is 4.15. The van der Waals surface area contributed by atoms with Gasteiger partial charge in [0.2, 0.25) is 21.4 Å². The summed E-state index contributed by atoms with van der Waals surface area (Å²) in [6.45, 7) is 0. The quantitative estimate of drug-likeness (QED) is 0.648. The van der Waals surface area contributed by atoms with Gasteiger partial charge in [0, 0.05) is 11.8 Å². The first-order valence-electron chi connectivity index (χ1n) is 5.72. The topological polar surface area (TPSA) is 145 Å². The Hall–Kier alpha value is -3.24. The van der Waals surface area contributed by atoms with Gasteiger partial charge in [-0.1, -0.05) is 5.10 Å². The highest BCUT2D eigenvalue weighted by atomic mass is 32.2. The van der Waals surface area contributed by atoms with E-state index in [1.165, 1.54) is 0 Å². The fourth-order valence-corrected chi connectivity index (χ4v) is 1.78. The summed E-state index contributed by atoms with van der Waals surface area (Å²) in [6.07, 6.45) is 0.970. The second-order valence-electron chi connectivity index (χ2n) is 4.02. The summed E-state index contributed by atoms with van der Waals surface area (Å²) in [4.78, 5) is 0. The lowest BCUT2D eigenvalue weighted by atomic mass is 10.2. The van der Waals surface area contributed by atoms with Gasteiger partial charge in [0.15, 0.2) is 0 Å². The SMILES string of the molecule is CS(=O)(=O)c1nnc(-c2ccc(NN=C(C#N)C#N)cc2)o1. The fraction of sp³-hybridized carbons (Fsp3) is 0.0833. The molecule has 0 saturated heterocycles. The molecule has 0 atom stereocenters. The highest BCUT2D eigenvalue weighted by Crippen LogP contribution is 2.21. The van der Waals surface area contributed by atoms with Crippen LogP contribution < -0.4 is 5.43 Å². The first kappa shape index (κ1) is 15.2. The Labute approximate surface area is 125 Å². The largest absolute Gasteiger partial charge is 0.408 e. The van der Waals surface area contributed by atoms with Crippen molar-refractivity contribution in [2.45, 2.75) is 5.22 Å². The van der Waals surface area contributed by atoms with E-state index in [1.807, 2.05) is 0 Å². The minimum atomic E-state index is -3.55. The lowest BCUT2D eigenvalue weighted by Gasteiger charge is -2.00. The molecule has 9 nitrogen and oxygen atoms in total. The zero-order valence-electron chi connectivity index (χ0n) is 11.2. The third-order valence-electron chi connectivity index (χ3n) is 2.36. The van der Waals surface area contributed by atoms with E-state index in [0.29, 0.717) is 11.3 Å². The van der Waals surface area contributed by atoms with Crippen LogP contribution in [0.4, 0.5) is 5.69 Å². The summed E-state index contributed by atoms with van der Waals surface area (Å²) in [6, 6.07) is 9.60. The maximum atomic E-state index is 11.3. The van der Waals surface area contributed by atoms with Crippen LogP contribution in [-0.2, 0) is 9.84 Å². The first-order valence-corrected chi connectivity index (χ1v) is 7.61. The fourth-order valence-electron chi connectivity index (χ4n) is 1.36. The molecular weight excluding hydrogens is 308 g/mol. The van der Waals surface area contributed by atoms with Crippen LogP contribution in [0.2, 0.25) is 0 Å². The average Bonchev–Trinajstić information content (AvgIpc) is 2.99. The molecule has 0 amide bonds. The van der Waals surface area contributed by atoms with E-state index < -0.39 is 15.1 Å². The highest BCUT2D eigenvalue weighted by molar-refractivity contribution is 7.90. The summed E-state index contributed by atoms with van der Waals surface area (Å²) in [5.41, 5.74) is 3.26. The van der Waals surface area contributed by atoms with Gasteiger partial charge in [0.05, 0.1) is 5.69 Å². The number of anilines is 1. The van der Waals surface area contributed by atoms with Gasteiger partial charge >= 0.3 is 5.22 Å². The van der Waals surface area contributed by atoms with Crippen molar-refractivity contribution in [2.75, 3.05) is 11.7 Å². The van der Waals surface area contributed by atoms with Gasteiger partial charge in [-0.2, -0.15) is 15.6 Å². The van der Waals surface area contributed by atoms with Crippen LogP contribution in [0.15, 0.2) is 39.0 Å². The Morgan fingerprint density at radius 1 is 1.23 bits per heavy atom. The Balaban J connectivity index is 2.20. The van der Waals surface area contributed by atoms with Crippen molar-refractivity contribution in [3.8, 4) is 23.6 Å². The van der Waals surface area contributed by atoms with Gasteiger partial charge in [-0.05, 0) is 24.3 Å². The summed E-state index contributed by atoms with van der Waals surface area (Å²) in [5, 5.41) is 27.3. The summed E-state index contributed by atoms with van der Waals surface area (Å²) in [5.74, 6) is 0.0604. The number of nitrogens with one attached hydrogen (secondary N) is 1. The van der Waals surface area contributed by atoms with Gasteiger partial charge in [-0.25, -0.2) is 8.42 Å². The molecule has 0 aliphatic carbocycles. The number of nitrogens with zero attached hydrogens (tertiary/aromatic N) is 5. The number of rotatable bonds is 4. The second-order valence-corrected chi connectivity index (χ2v) is 5.91. The van der Waals surface area contributed by atoms with Crippen LogP contribution in [-0.4, -0.2) is 30.6 Å². The van der Waals surface area contributed by atoms with E-state index in [9.17, 15) is 8.42 Å². The number of hydrogen-bond donors (Lipinski definition) is 1. The number of sulfone groups is 1. The van der Waals surface area contributed by atoms with E-state index in [4.69, 9.17) is 14.9 Å². The zero-order valence-corrected chi connectivity index (χ0v) is 12.0. The van der Waals surface area contributed by atoms with Crippen LogP contribution in [0.1, 0.15) is 0 Å². The molecule has 2 rings (SSSR count). The number of benzene rings is 1. The summed E-state index contributed by atoms with van der Waals surface area (Å²) >= 11 is 0. The van der Waals surface area contributed by atoms with E-state index in [2.05, 4.69) is 20.7 Å². The lowest BCUT2D eigenvalue weighted by molar-refractivity contribution is 0.442. The Bertz CT molecular complexity index is 884. The molecule has 0 bridgehead atoms. The summed E-state index contributed by atoms with van der Waals surface area (Å²) < 4.78 is 27.6. The maximum absolute atomic E-state index is 11.3. The molecule has 0 aliphatic rings. The van der Waals surface area contributed by atoms with Crippen LogP contribution in [0.5, 0.6) is 0 Å². The van der Waals surface area contributed by atoms with Gasteiger partial charge in [0.1, 0.15) is 12.1 Å². The molecule has 0 spiro atoms. The smallest absolute Gasteiger partial charge is 0.335 e. The van der Waals surface area contributed by atoms with Crippen LogP contribution in [0, 0.1) is 22.7 Å². The predicted octanol–water partition coefficient (Wildman–Crippen LogP) is 0.955. The molecule has 0 fully saturated rings. The zero-order chi connectivity index (χ0) is 16.2. The Morgan fingerprint density at radius 2 is 1.86 bits per heavy atom. The molecule has 0 unspecified atom stereocenters. The van der Waals surface area contributed by atoms with Crippen molar-refractivity contribution in [1.82, 2.24) is 10.2 Å². The van der Waals surface area contributed by atoms with Gasteiger partial charge in [-0.15, -0.1) is 5.10 Å². The van der Waals surface area contributed by atoms with Crippen molar-refractivity contribution in [2.24, 2.45) is 5.10 Å². The van der Waals surface area contributed by atoms with Gasteiger partial charge in [-0.3, -0.25) is 5.43 Å². The molecule has 1 aromatic heterocycles. The van der Waals surface area contributed by atoms with Crippen molar-refractivity contribution in [1.29, 1.82) is 10.5 Å². The molecule has 1 heterocycles. The molecule has 10 heteroatoms.